The fourth-order valence-electron chi connectivity index (χ4n) is 4.28. The summed E-state index contributed by atoms with van der Waals surface area (Å²) in [7, 11) is 0. The molecule has 0 bridgehead atoms. The minimum Gasteiger partial charge on any atom is -0.480 e. The molecule has 2 saturated carbocycles. The molecule has 0 aromatic heterocycles. The normalized spacial score (nSPS) is 18.1. The quantitative estimate of drug-likeness (QED) is 0.168. The molecular weight excluding hydrogens is 608 g/mol. The van der Waals surface area contributed by atoms with Crippen molar-refractivity contribution in [3.05, 3.63) is 0 Å². The molecule has 0 aromatic rings. The van der Waals surface area contributed by atoms with Crippen molar-refractivity contribution in [2.24, 2.45) is 0 Å². The summed E-state index contributed by atoms with van der Waals surface area (Å²) in [5.41, 5.74) is 0. The third-order valence-corrected chi connectivity index (χ3v) is 5.49. The first-order valence-electron chi connectivity index (χ1n) is 11.6. The Balaban J connectivity index is -0.0000000525. The summed E-state index contributed by atoms with van der Waals surface area (Å²) in [6.45, 7) is 2.01. The topological polar surface area (TPSA) is 226 Å². The zero-order valence-electron chi connectivity index (χ0n) is 21.6. The van der Waals surface area contributed by atoms with Crippen molar-refractivity contribution in [1.82, 2.24) is 22.1 Å². The van der Waals surface area contributed by atoms with Gasteiger partial charge in [-0.25, -0.2) is 0 Å². The van der Waals surface area contributed by atoms with Crippen molar-refractivity contribution >= 4 is 57.8 Å². The largest absolute Gasteiger partial charge is 0.480 e. The van der Waals surface area contributed by atoms with Crippen LogP contribution < -0.4 is 12.3 Å². The molecule has 2 unspecified atom stereocenters. The highest BCUT2D eigenvalue weighted by atomic mass is 79.9. The summed E-state index contributed by atoms with van der Waals surface area (Å²) in [6.07, 6.45) is 11.5. The zero-order valence-corrected chi connectivity index (χ0v) is 25.0. The molecule has 2 rings (SSSR count). The minimum atomic E-state index is -1.19. The van der Waals surface area contributed by atoms with Crippen molar-refractivity contribution < 1.29 is 48.2 Å². The summed E-state index contributed by atoms with van der Waals surface area (Å²) >= 11 is 0. The Morgan fingerprint density at radius 2 is 0.750 bits per heavy atom. The molecule has 2 aliphatic rings. The lowest BCUT2D eigenvalue weighted by atomic mass is 9.87. The molecule has 0 aliphatic heterocycles. The van der Waals surface area contributed by atoms with Crippen LogP contribution in [0.4, 0.5) is 0 Å². The number of carboxylic acids is 4. The van der Waals surface area contributed by atoms with E-state index in [1.165, 1.54) is 48.3 Å². The molecule has 0 aromatic carbocycles. The molecule has 230 valence electrons. The number of hydrogen-bond acceptors (Lipinski definition) is 8. The van der Waals surface area contributed by atoms with Gasteiger partial charge in [-0.1, -0.05) is 65.2 Å². The predicted octanol–water partition coefficient (Wildman–Crippen LogP) is 5.56. The average Bonchev–Trinajstić information content (AvgIpc) is 2.74. The Bertz CT molecular complexity index is 536. The molecule has 0 amide bonds. The van der Waals surface area contributed by atoms with Gasteiger partial charge in [-0.05, 0) is 12.8 Å². The van der Waals surface area contributed by atoms with Crippen LogP contribution in [0.15, 0.2) is 0 Å². The van der Waals surface area contributed by atoms with Crippen molar-refractivity contribution in [2.75, 3.05) is 26.2 Å². The molecule has 2 fully saturated rings. The van der Waals surface area contributed by atoms with Crippen LogP contribution in [0, 0.1) is 0 Å². The van der Waals surface area contributed by atoms with E-state index in [1.54, 1.807) is 0 Å². The van der Waals surface area contributed by atoms with E-state index in [2.05, 4.69) is 0 Å². The SMILES string of the molecule is Br.Br.C1CCCCC1.CC.N.N.O=C(O)CN(CC(=O)O)C1CCCCC1N(CC(=O)O)CC(=O)O.[HH].[HH].[HH].[HH].[HH].[HH]. The molecular formula is C22H60Br2N4O8. The Kier molecular flexibility index (Phi) is 33.2. The van der Waals surface area contributed by atoms with E-state index >= 15 is 0 Å². The van der Waals surface area contributed by atoms with Crippen LogP contribution in [-0.4, -0.2) is 92.4 Å². The molecule has 2 aliphatic carbocycles. The van der Waals surface area contributed by atoms with Crippen LogP contribution in [-0.2, 0) is 19.2 Å². The van der Waals surface area contributed by atoms with Crippen LogP contribution in [0.2, 0.25) is 0 Å². The van der Waals surface area contributed by atoms with E-state index < -0.39 is 62.1 Å². The van der Waals surface area contributed by atoms with E-state index in [-0.39, 0.29) is 54.8 Å². The van der Waals surface area contributed by atoms with Gasteiger partial charge in [0.15, 0.2) is 0 Å². The summed E-state index contributed by atoms with van der Waals surface area (Å²) < 4.78 is 0. The van der Waals surface area contributed by atoms with Crippen molar-refractivity contribution in [3.8, 4) is 0 Å². The van der Waals surface area contributed by atoms with E-state index in [4.69, 9.17) is 20.4 Å². The number of nitrogens with zero attached hydrogens (tertiary/aromatic N) is 2. The predicted molar refractivity (Wildman–Crippen MR) is 162 cm³/mol. The lowest BCUT2D eigenvalue weighted by molar-refractivity contribution is -0.149. The number of rotatable bonds is 10. The fourth-order valence-corrected chi connectivity index (χ4v) is 4.28. The summed E-state index contributed by atoms with van der Waals surface area (Å²) in [5.74, 6) is -4.76. The Morgan fingerprint density at radius 1 is 0.556 bits per heavy atom. The molecule has 2 atom stereocenters. The van der Waals surface area contributed by atoms with E-state index in [9.17, 15) is 19.2 Å². The lowest BCUT2D eigenvalue weighted by Crippen LogP contribution is -2.57. The maximum absolute atomic E-state index is 11.0. The lowest BCUT2D eigenvalue weighted by Gasteiger charge is -2.43. The second-order valence-corrected chi connectivity index (χ2v) is 7.93. The third kappa shape index (κ3) is 20.8. The highest BCUT2D eigenvalue weighted by Crippen LogP contribution is 2.27. The Hall–Kier alpha value is -1.32. The zero-order chi connectivity index (χ0) is 24.5. The second-order valence-electron chi connectivity index (χ2n) is 7.93. The van der Waals surface area contributed by atoms with E-state index in [0.717, 1.165) is 12.8 Å². The van der Waals surface area contributed by atoms with Gasteiger partial charge < -0.3 is 32.7 Å². The molecule has 14 heteroatoms. The van der Waals surface area contributed by atoms with Crippen LogP contribution in [0.25, 0.3) is 0 Å². The van der Waals surface area contributed by atoms with Crippen molar-refractivity contribution in [3.63, 3.8) is 0 Å². The third-order valence-electron chi connectivity index (χ3n) is 5.49. The number of carbonyl (C=O) groups is 4. The van der Waals surface area contributed by atoms with Gasteiger partial charge >= 0.3 is 23.9 Å². The molecule has 12 nitrogen and oxygen atoms in total. The van der Waals surface area contributed by atoms with Crippen molar-refractivity contribution in [2.45, 2.75) is 90.1 Å². The minimum absolute atomic E-state index is 0. The van der Waals surface area contributed by atoms with Crippen LogP contribution in [0.3, 0.4) is 0 Å². The molecule has 0 saturated heterocycles. The van der Waals surface area contributed by atoms with Crippen LogP contribution >= 0.6 is 34.0 Å². The van der Waals surface area contributed by atoms with Gasteiger partial charge in [-0.15, -0.1) is 34.0 Å². The van der Waals surface area contributed by atoms with Crippen molar-refractivity contribution in [1.29, 1.82) is 0 Å². The molecule has 36 heavy (non-hydrogen) atoms. The van der Waals surface area contributed by atoms with Gasteiger partial charge in [0.1, 0.15) is 0 Å². The van der Waals surface area contributed by atoms with Gasteiger partial charge in [-0.2, -0.15) is 0 Å². The highest BCUT2D eigenvalue weighted by Gasteiger charge is 2.37. The monoisotopic (exact) mass is 666 g/mol. The molecule has 0 radical (unpaired) electrons. The maximum atomic E-state index is 11.0. The highest BCUT2D eigenvalue weighted by molar-refractivity contribution is 8.93. The first-order chi connectivity index (χ1) is 15.2. The molecule has 0 spiro atoms. The molecule has 0 heterocycles. The summed E-state index contributed by atoms with van der Waals surface area (Å²) in [4.78, 5) is 46.7. The first-order valence-corrected chi connectivity index (χ1v) is 11.6. The maximum Gasteiger partial charge on any atom is 0.317 e. The Labute approximate surface area is 244 Å². The van der Waals surface area contributed by atoms with Gasteiger partial charge in [0.05, 0.1) is 26.2 Å². The van der Waals surface area contributed by atoms with Crippen LogP contribution in [0.1, 0.15) is 86.6 Å². The average molecular weight is 669 g/mol. The first kappa shape index (κ1) is 44.7. The fraction of sp³-hybridized carbons (Fsp3) is 0.818. The van der Waals surface area contributed by atoms with Gasteiger partial charge in [0.2, 0.25) is 0 Å². The second kappa shape index (κ2) is 26.7. The molecule has 10 N–H and O–H groups in total. The summed E-state index contributed by atoms with van der Waals surface area (Å²) in [6, 6.07) is -1.05. The number of aliphatic carboxylic acids is 4. The van der Waals surface area contributed by atoms with Gasteiger partial charge in [0.25, 0.3) is 0 Å². The Morgan fingerprint density at radius 3 is 0.917 bits per heavy atom. The van der Waals surface area contributed by atoms with E-state index in [0.29, 0.717) is 12.8 Å². The number of hydrogen-bond donors (Lipinski definition) is 6. The van der Waals surface area contributed by atoms with Gasteiger partial charge in [-0.3, -0.25) is 29.0 Å². The smallest absolute Gasteiger partial charge is 0.317 e. The van der Waals surface area contributed by atoms with E-state index in [1.807, 2.05) is 13.8 Å². The van der Waals surface area contributed by atoms with Gasteiger partial charge in [0, 0.05) is 20.6 Å². The number of halogens is 2. The standard InChI is InChI=1S/C14H22N2O8.C6H12.C2H6.2BrH.2H3N.6H2/c17-11(18)5-15(6-12(19)20)9-3-1-2-4-10(9)16(7-13(21)22)8-14(23)24;1-2-4-6-5-3-1;1-2;;;;;;;;;;/h9-10H,1-8H2,(H,17,18)(H,19,20)(H,21,22)(H,23,24);1-6H2;1-2H3;2*1H;2*1H3;6*1H. The summed E-state index contributed by atoms with van der Waals surface area (Å²) in [5, 5.41) is 36.0. The van der Waals surface area contributed by atoms with Crippen LogP contribution in [0.5, 0.6) is 0 Å². The number of carboxylic acid groups (broad SMARTS) is 4.